The summed E-state index contributed by atoms with van der Waals surface area (Å²) in [4.78, 5) is 13.4. The summed E-state index contributed by atoms with van der Waals surface area (Å²) in [7, 11) is 2.02. The molecule has 2 atom stereocenters. The highest BCUT2D eigenvalue weighted by atomic mass is 19.2. The van der Waals surface area contributed by atoms with Gasteiger partial charge in [-0.3, -0.25) is 4.79 Å². The highest BCUT2D eigenvalue weighted by Gasteiger charge is 2.29. The molecular formula is C16H18F2N2O2. The van der Waals surface area contributed by atoms with Crippen molar-refractivity contribution in [2.24, 2.45) is 0 Å². The zero-order valence-corrected chi connectivity index (χ0v) is 12.3. The highest BCUT2D eigenvalue weighted by molar-refractivity contribution is 5.19. The third-order valence-corrected chi connectivity index (χ3v) is 4.41. The summed E-state index contributed by atoms with van der Waals surface area (Å²) < 4.78 is 31.5. The monoisotopic (exact) mass is 308 g/mol. The Kier molecular flexibility index (Phi) is 4.11. The molecule has 1 fully saturated rings. The van der Waals surface area contributed by atoms with Gasteiger partial charge in [0.05, 0.1) is 0 Å². The Labute approximate surface area is 126 Å². The van der Waals surface area contributed by atoms with Crippen molar-refractivity contribution in [2.45, 2.75) is 31.2 Å². The number of rotatable bonds is 3. The van der Waals surface area contributed by atoms with Crippen LogP contribution in [0.5, 0.6) is 0 Å². The van der Waals surface area contributed by atoms with Gasteiger partial charge in [-0.2, -0.15) is 5.16 Å². The SMILES string of the molecule is CN1CC[C@@H](c2cc(=O)[nH]o2)C[C@H]1Cc1ccc(F)c(F)c1. The zero-order valence-electron chi connectivity index (χ0n) is 12.3. The van der Waals surface area contributed by atoms with Crippen LogP contribution in [0, 0.1) is 11.6 Å². The van der Waals surface area contributed by atoms with E-state index in [-0.39, 0.29) is 17.5 Å². The van der Waals surface area contributed by atoms with E-state index in [0.717, 1.165) is 31.0 Å². The second kappa shape index (κ2) is 6.04. The van der Waals surface area contributed by atoms with Gasteiger partial charge in [0.25, 0.3) is 5.56 Å². The number of aromatic nitrogens is 1. The Morgan fingerprint density at radius 2 is 2.14 bits per heavy atom. The molecule has 0 saturated carbocycles. The molecule has 1 aromatic heterocycles. The van der Waals surface area contributed by atoms with Crippen LogP contribution in [0.3, 0.4) is 0 Å². The second-order valence-electron chi connectivity index (χ2n) is 5.92. The molecule has 0 aliphatic carbocycles. The standard InChI is InChI=1S/C16H18F2N2O2/c1-20-5-4-11(15-9-16(21)19-22-15)8-12(20)6-10-2-3-13(17)14(18)7-10/h2-3,7,9,11-12H,4-6,8H2,1H3,(H,19,21)/t11-,12-/m1/s1. The van der Waals surface area contributed by atoms with Crippen molar-refractivity contribution in [1.29, 1.82) is 0 Å². The summed E-state index contributed by atoms with van der Waals surface area (Å²) in [5, 5.41) is 2.32. The van der Waals surface area contributed by atoms with Crippen LogP contribution in [-0.4, -0.2) is 29.7 Å². The molecule has 0 spiro atoms. The summed E-state index contributed by atoms with van der Waals surface area (Å²) in [6.45, 7) is 0.869. The molecule has 1 aromatic carbocycles. The van der Waals surface area contributed by atoms with E-state index in [1.54, 1.807) is 6.07 Å². The molecule has 0 bridgehead atoms. The minimum absolute atomic E-state index is 0.172. The van der Waals surface area contributed by atoms with Gasteiger partial charge in [0.15, 0.2) is 11.6 Å². The summed E-state index contributed by atoms with van der Waals surface area (Å²) in [6.07, 6.45) is 2.36. The van der Waals surface area contributed by atoms with Crippen molar-refractivity contribution >= 4 is 0 Å². The van der Waals surface area contributed by atoms with Gasteiger partial charge >= 0.3 is 0 Å². The Bertz CT molecular complexity index is 710. The lowest BCUT2D eigenvalue weighted by Gasteiger charge is -2.36. The molecule has 1 saturated heterocycles. The number of halogens is 2. The third-order valence-electron chi connectivity index (χ3n) is 4.41. The van der Waals surface area contributed by atoms with E-state index in [1.165, 1.54) is 12.1 Å². The average Bonchev–Trinajstić information content (AvgIpc) is 2.92. The lowest BCUT2D eigenvalue weighted by atomic mass is 9.86. The normalized spacial score (nSPS) is 22.9. The minimum atomic E-state index is -0.826. The number of aromatic amines is 1. The molecule has 2 aromatic rings. The molecule has 1 aliphatic heterocycles. The number of likely N-dealkylation sites (tertiary alicyclic amines) is 1. The highest BCUT2D eigenvalue weighted by Crippen LogP contribution is 2.31. The van der Waals surface area contributed by atoms with E-state index in [1.807, 2.05) is 7.05 Å². The predicted molar refractivity (Wildman–Crippen MR) is 77.8 cm³/mol. The van der Waals surface area contributed by atoms with Crippen molar-refractivity contribution in [3.8, 4) is 0 Å². The Morgan fingerprint density at radius 3 is 2.82 bits per heavy atom. The molecular weight excluding hydrogens is 290 g/mol. The number of hydrogen-bond acceptors (Lipinski definition) is 3. The number of H-pyrrole nitrogens is 1. The molecule has 6 heteroatoms. The fraction of sp³-hybridized carbons (Fsp3) is 0.438. The van der Waals surface area contributed by atoms with Gasteiger partial charge in [-0.05, 0) is 50.6 Å². The van der Waals surface area contributed by atoms with E-state index in [9.17, 15) is 13.6 Å². The van der Waals surface area contributed by atoms with E-state index in [0.29, 0.717) is 12.2 Å². The van der Waals surface area contributed by atoms with Crippen LogP contribution in [0.25, 0.3) is 0 Å². The summed E-state index contributed by atoms with van der Waals surface area (Å²) in [6, 6.07) is 5.72. The molecule has 2 heterocycles. The van der Waals surface area contributed by atoms with Gasteiger partial charge < -0.3 is 9.42 Å². The maximum atomic E-state index is 13.3. The Morgan fingerprint density at radius 1 is 1.32 bits per heavy atom. The maximum Gasteiger partial charge on any atom is 0.280 e. The first-order chi connectivity index (χ1) is 10.5. The van der Waals surface area contributed by atoms with Crippen LogP contribution in [0.15, 0.2) is 33.6 Å². The molecule has 0 amide bonds. The van der Waals surface area contributed by atoms with Crippen molar-refractivity contribution in [3.63, 3.8) is 0 Å². The van der Waals surface area contributed by atoms with Crippen LogP contribution in [0.4, 0.5) is 8.78 Å². The largest absolute Gasteiger partial charge is 0.383 e. The van der Waals surface area contributed by atoms with Crippen LogP contribution >= 0.6 is 0 Å². The maximum absolute atomic E-state index is 13.3. The van der Waals surface area contributed by atoms with E-state index >= 15 is 0 Å². The van der Waals surface area contributed by atoms with Crippen LogP contribution in [0.1, 0.15) is 30.1 Å². The Balaban J connectivity index is 1.73. The second-order valence-corrected chi connectivity index (χ2v) is 5.92. The van der Waals surface area contributed by atoms with Crippen LogP contribution in [0.2, 0.25) is 0 Å². The van der Waals surface area contributed by atoms with Gasteiger partial charge in [0.2, 0.25) is 0 Å². The van der Waals surface area contributed by atoms with Gasteiger partial charge in [-0.15, -0.1) is 0 Å². The number of nitrogens with zero attached hydrogens (tertiary/aromatic N) is 1. The average molecular weight is 308 g/mol. The zero-order chi connectivity index (χ0) is 15.7. The fourth-order valence-corrected chi connectivity index (χ4v) is 3.10. The van der Waals surface area contributed by atoms with Crippen molar-refractivity contribution in [1.82, 2.24) is 10.1 Å². The quantitative estimate of drug-likeness (QED) is 0.948. The summed E-state index contributed by atoms with van der Waals surface area (Å²) >= 11 is 0. The summed E-state index contributed by atoms with van der Waals surface area (Å²) in [5.41, 5.74) is 0.540. The lowest BCUT2D eigenvalue weighted by molar-refractivity contribution is 0.155. The fourth-order valence-electron chi connectivity index (χ4n) is 3.10. The topological polar surface area (TPSA) is 49.2 Å². The molecule has 0 unspecified atom stereocenters. The first kappa shape index (κ1) is 15.0. The number of benzene rings is 1. The van der Waals surface area contributed by atoms with Gasteiger partial charge in [0, 0.05) is 18.0 Å². The van der Waals surface area contributed by atoms with Crippen molar-refractivity contribution in [2.75, 3.05) is 13.6 Å². The number of piperidine rings is 1. The number of likely N-dealkylation sites (N-methyl/N-ethyl adjacent to an activating group) is 1. The number of hydrogen-bond donors (Lipinski definition) is 1. The van der Waals surface area contributed by atoms with Crippen molar-refractivity contribution < 1.29 is 13.3 Å². The lowest BCUT2D eigenvalue weighted by Crippen LogP contribution is -2.40. The Hall–Kier alpha value is -1.95. The van der Waals surface area contributed by atoms with Gasteiger partial charge in [0.1, 0.15) is 5.76 Å². The molecule has 1 aliphatic rings. The smallest absolute Gasteiger partial charge is 0.280 e. The third kappa shape index (κ3) is 3.11. The van der Waals surface area contributed by atoms with E-state index < -0.39 is 11.6 Å². The van der Waals surface area contributed by atoms with E-state index in [2.05, 4.69) is 10.1 Å². The molecule has 1 N–H and O–H groups in total. The van der Waals surface area contributed by atoms with Crippen LogP contribution in [-0.2, 0) is 6.42 Å². The van der Waals surface area contributed by atoms with Crippen LogP contribution < -0.4 is 5.56 Å². The molecule has 118 valence electrons. The predicted octanol–water partition coefficient (Wildman–Crippen LogP) is 2.67. The molecule has 22 heavy (non-hydrogen) atoms. The first-order valence-electron chi connectivity index (χ1n) is 7.35. The van der Waals surface area contributed by atoms with Gasteiger partial charge in [-0.1, -0.05) is 6.07 Å². The van der Waals surface area contributed by atoms with Gasteiger partial charge in [-0.25, -0.2) is 8.78 Å². The first-order valence-corrected chi connectivity index (χ1v) is 7.35. The molecule has 0 radical (unpaired) electrons. The molecule has 3 rings (SSSR count). The molecule has 4 nitrogen and oxygen atoms in total. The van der Waals surface area contributed by atoms with Crippen molar-refractivity contribution in [3.05, 3.63) is 57.6 Å². The minimum Gasteiger partial charge on any atom is -0.383 e. The summed E-state index contributed by atoms with van der Waals surface area (Å²) in [5.74, 6) is -0.796. The van der Waals surface area contributed by atoms with E-state index in [4.69, 9.17) is 4.52 Å². The number of nitrogens with one attached hydrogen (secondary N) is 1.